The second kappa shape index (κ2) is 5.05. The van der Waals surface area contributed by atoms with E-state index in [0.717, 1.165) is 12.1 Å². The number of hydrogen-bond donors (Lipinski definition) is 2. The summed E-state index contributed by atoms with van der Waals surface area (Å²) in [6.45, 7) is -0.316. The van der Waals surface area contributed by atoms with E-state index in [1.807, 2.05) is 0 Å². The highest BCUT2D eigenvalue weighted by atomic mass is 19.4. The van der Waals surface area contributed by atoms with Gasteiger partial charge in [0.05, 0.1) is 12.1 Å². The SMILES string of the molecule is CNC(=O)N(O)Cc1cccc(C(F)(F)F)c1. The Morgan fingerprint density at radius 1 is 1.47 bits per heavy atom. The van der Waals surface area contributed by atoms with Crippen molar-refractivity contribution in [3.63, 3.8) is 0 Å². The number of hydrogen-bond acceptors (Lipinski definition) is 2. The van der Waals surface area contributed by atoms with Crippen LogP contribution in [0.25, 0.3) is 0 Å². The molecule has 94 valence electrons. The van der Waals surface area contributed by atoms with Crippen molar-refractivity contribution < 1.29 is 23.2 Å². The fourth-order valence-electron chi connectivity index (χ4n) is 1.22. The molecule has 0 fully saturated rings. The van der Waals surface area contributed by atoms with Crippen LogP contribution in [0.1, 0.15) is 11.1 Å². The average molecular weight is 248 g/mol. The molecule has 2 N–H and O–H groups in total. The molecule has 17 heavy (non-hydrogen) atoms. The molecule has 0 bridgehead atoms. The first-order valence-corrected chi connectivity index (χ1v) is 4.69. The first kappa shape index (κ1) is 13.3. The quantitative estimate of drug-likeness (QED) is 0.623. The van der Waals surface area contributed by atoms with Gasteiger partial charge in [0.1, 0.15) is 0 Å². The molecular formula is C10H11F3N2O2. The van der Waals surface area contributed by atoms with Crippen LogP contribution in [0.3, 0.4) is 0 Å². The second-order valence-electron chi connectivity index (χ2n) is 3.31. The highest BCUT2D eigenvalue weighted by molar-refractivity contribution is 5.72. The standard InChI is InChI=1S/C10H11F3N2O2/c1-14-9(16)15(17)6-7-3-2-4-8(5-7)10(11,12)13/h2-5,17H,6H2,1H3,(H,14,16). The third kappa shape index (κ3) is 3.63. The zero-order valence-electron chi connectivity index (χ0n) is 8.95. The number of carbonyl (C=O) groups excluding carboxylic acids is 1. The van der Waals surface area contributed by atoms with Crippen LogP contribution in [0.15, 0.2) is 24.3 Å². The molecule has 0 aromatic heterocycles. The molecule has 0 heterocycles. The minimum Gasteiger partial charge on any atom is -0.339 e. The van der Waals surface area contributed by atoms with E-state index in [9.17, 15) is 23.2 Å². The van der Waals surface area contributed by atoms with E-state index >= 15 is 0 Å². The van der Waals surface area contributed by atoms with Crippen molar-refractivity contribution in [2.75, 3.05) is 7.05 Å². The van der Waals surface area contributed by atoms with Gasteiger partial charge in [-0.1, -0.05) is 12.1 Å². The van der Waals surface area contributed by atoms with Crippen LogP contribution in [0.2, 0.25) is 0 Å². The van der Waals surface area contributed by atoms with Gasteiger partial charge < -0.3 is 5.32 Å². The van der Waals surface area contributed by atoms with Crippen LogP contribution in [0.4, 0.5) is 18.0 Å². The van der Waals surface area contributed by atoms with E-state index < -0.39 is 17.8 Å². The summed E-state index contributed by atoms with van der Waals surface area (Å²) in [5.41, 5.74) is -0.633. The minimum absolute atomic E-state index is 0.186. The van der Waals surface area contributed by atoms with Gasteiger partial charge in [-0.3, -0.25) is 5.21 Å². The van der Waals surface area contributed by atoms with E-state index in [2.05, 4.69) is 5.32 Å². The van der Waals surface area contributed by atoms with Gasteiger partial charge in [-0.2, -0.15) is 13.2 Å². The molecule has 1 aromatic rings. The monoisotopic (exact) mass is 248 g/mol. The molecule has 1 aromatic carbocycles. The third-order valence-electron chi connectivity index (χ3n) is 2.03. The van der Waals surface area contributed by atoms with Gasteiger partial charge in [0.2, 0.25) is 0 Å². The number of rotatable bonds is 2. The lowest BCUT2D eigenvalue weighted by molar-refractivity contribution is -0.137. The van der Waals surface area contributed by atoms with E-state index in [1.165, 1.54) is 19.2 Å². The van der Waals surface area contributed by atoms with Crippen molar-refractivity contribution >= 4 is 6.03 Å². The number of halogens is 3. The fraction of sp³-hybridized carbons (Fsp3) is 0.300. The normalized spacial score (nSPS) is 11.1. The van der Waals surface area contributed by atoms with Crippen molar-refractivity contribution in [1.29, 1.82) is 0 Å². The van der Waals surface area contributed by atoms with Crippen LogP contribution in [0, 0.1) is 0 Å². The number of amides is 2. The maximum atomic E-state index is 12.4. The lowest BCUT2D eigenvalue weighted by Crippen LogP contribution is -2.34. The van der Waals surface area contributed by atoms with Gasteiger partial charge in [0, 0.05) is 7.05 Å². The Bertz CT molecular complexity index is 407. The number of urea groups is 1. The van der Waals surface area contributed by atoms with Gasteiger partial charge in [0.15, 0.2) is 0 Å². The Labute approximate surface area is 95.6 Å². The molecule has 0 saturated carbocycles. The third-order valence-corrected chi connectivity index (χ3v) is 2.03. The topological polar surface area (TPSA) is 52.6 Å². The molecule has 0 unspecified atom stereocenters. The predicted molar refractivity (Wildman–Crippen MR) is 53.2 cm³/mol. The molecule has 0 aliphatic rings. The number of nitrogens with one attached hydrogen (secondary N) is 1. The van der Waals surface area contributed by atoms with Crippen LogP contribution < -0.4 is 5.32 Å². The van der Waals surface area contributed by atoms with Gasteiger partial charge in [0.25, 0.3) is 0 Å². The van der Waals surface area contributed by atoms with E-state index in [0.29, 0.717) is 5.06 Å². The number of benzene rings is 1. The molecule has 4 nitrogen and oxygen atoms in total. The molecule has 7 heteroatoms. The Morgan fingerprint density at radius 3 is 2.65 bits per heavy atom. The first-order chi connectivity index (χ1) is 7.84. The van der Waals surface area contributed by atoms with Crippen LogP contribution >= 0.6 is 0 Å². The lowest BCUT2D eigenvalue weighted by atomic mass is 10.1. The number of alkyl halides is 3. The highest BCUT2D eigenvalue weighted by Gasteiger charge is 2.30. The molecule has 0 atom stereocenters. The molecule has 0 spiro atoms. The van der Waals surface area contributed by atoms with Crippen molar-refractivity contribution in [2.45, 2.75) is 12.7 Å². The largest absolute Gasteiger partial charge is 0.416 e. The Morgan fingerprint density at radius 2 is 2.12 bits per heavy atom. The minimum atomic E-state index is -4.44. The van der Waals surface area contributed by atoms with Crippen LogP contribution in [-0.4, -0.2) is 23.3 Å². The molecule has 0 aliphatic heterocycles. The average Bonchev–Trinajstić information content (AvgIpc) is 2.27. The summed E-state index contributed by atoms with van der Waals surface area (Å²) in [6, 6.07) is 3.62. The summed E-state index contributed by atoms with van der Waals surface area (Å²) < 4.78 is 37.1. The summed E-state index contributed by atoms with van der Waals surface area (Å²) >= 11 is 0. The highest BCUT2D eigenvalue weighted by Crippen LogP contribution is 2.29. The molecule has 2 amide bonds. The van der Waals surface area contributed by atoms with E-state index in [4.69, 9.17) is 0 Å². The van der Waals surface area contributed by atoms with Gasteiger partial charge in [-0.05, 0) is 17.7 Å². The Hall–Kier alpha value is -1.76. The first-order valence-electron chi connectivity index (χ1n) is 4.69. The molecule has 0 aliphatic carbocycles. The molecule has 1 rings (SSSR count). The molecule has 0 saturated heterocycles. The van der Waals surface area contributed by atoms with Gasteiger partial charge in [-0.15, -0.1) is 0 Å². The molecule has 0 radical (unpaired) electrons. The Balaban J connectivity index is 2.83. The summed E-state index contributed by atoms with van der Waals surface area (Å²) in [5.74, 6) is 0. The van der Waals surface area contributed by atoms with Gasteiger partial charge >= 0.3 is 12.2 Å². The molecular weight excluding hydrogens is 237 g/mol. The van der Waals surface area contributed by atoms with Crippen molar-refractivity contribution in [1.82, 2.24) is 10.4 Å². The fourth-order valence-corrected chi connectivity index (χ4v) is 1.22. The number of carbonyl (C=O) groups is 1. The van der Waals surface area contributed by atoms with Crippen molar-refractivity contribution in [3.05, 3.63) is 35.4 Å². The number of nitrogens with zero attached hydrogens (tertiary/aromatic N) is 1. The summed E-state index contributed by atoms with van der Waals surface area (Å²) in [4.78, 5) is 10.9. The van der Waals surface area contributed by atoms with E-state index in [-0.39, 0.29) is 12.1 Å². The zero-order valence-corrected chi connectivity index (χ0v) is 8.95. The maximum absolute atomic E-state index is 12.4. The summed E-state index contributed by atoms with van der Waals surface area (Å²) in [5, 5.41) is 11.7. The predicted octanol–water partition coefficient (Wildman–Crippen LogP) is 2.24. The maximum Gasteiger partial charge on any atom is 0.416 e. The summed E-state index contributed by atoms with van der Waals surface area (Å²) in [6.07, 6.45) is -4.44. The van der Waals surface area contributed by atoms with Gasteiger partial charge in [-0.25, -0.2) is 9.86 Å². The summed E-state index contributed by atoms with van der Waals surface area (Å²) in [7, 11) is 1.30. The Kier molecular flexibility index (Phi) is 3.95. The second-order valence-corrected chi connectivity index (χ2v) is 3.31. The van der Waals surface area contributed by atoms with E-state index in [1.54, 1.807) is 0 Å². The van der Waals surface area contributed by atoms with Crippen LogP contribution in [-0.2, 0) is 12.7 Å². The zero-order chi connectivity index (χ0) is 13.1. The lowest BCUT2D eigenvalue weighted by Gasteiger charge is -2.15. The van der Waals surface area contributed by atoms with Crippen molar-refractivity contribution in [3.8, 4) is 0 Å². The smallest absolute Gasteiger partial charge is 0.339 e. The number of hydroxylamine groups is 2. The van der Waals surface area contributed by atoms with Crippen molar-refractivity contribution in [2.24, 2.45) is 0 Å². The van der Waals surface area contributed by atoms with Crippen LogP contribution in [0.5, 0.6) is 0 Å².